The maximum atomic E-state index is 11.0. The third kappa shape index (κ3) is 1.50. The second-order valence-corrected chi connectivity index (χ2v) is 3.63. The van der Waals surface area contributed by atoms with E-state index in [2.05, 4.69) is 0 Å². The molecule has 2 aromatic rings. The second kappa shape index (κ2) is 3.85. The van der Waals surface area contributed by atoms with E-state index in [-0.39, 0.29) is 11.3 Å². The molecular weight excluding hydrogens is 204 g/mol. The number of carbonyl (C=O) groups is 1. The fourth-order valence-corrected chi connectivity index (χ4v) is 1.93. The number of hydrogen-bond acceptors (Lipinski definition) is 2. The minimum absolute atomic E-state index is 0.0319. The largest absolute Gasteiger partial charge is 0.507 e. The molecule has 2 rings (SSSR count). The van der Waals surface area contributed by atoms with Gasteiger partial charge in [-0.1, -0.05) is 31.2 Å². The predicted molar refractivity (Wildman–Crippen MR) is 62.0 cm³/mol. The highest BCUT2D eigenvalue weighted by Gasteiger charge is 2.15. The Balaban J connectivity index is 2.88. The van der Waals surface area contributed by atoms with Crippen LogP contribution >= 0.6 is 0 Å². The molecule has 16 heavy (non-hydrogen) atoms. The van der Waals surface area contributed by atoms with Gasteiger partial charge in [0.05, 0.1) is 0 Å². The van der Waals surface area contributed by atoms with E-state index in [1.54, 1.807) is 0 Å². The van der Waals surface area contributed by atoms with Gasteiger partial charge in [-0.25, -0.2) is 4.79 Å². The molecule has 3 nitrogen and oxygen atoms in total. The third-order valence-corrected chi connectivity index (χ3v) is 2.71. The van der Waals surface area contributed by atoms with Crippen LogP contribution in [0.1, 0.15) is 22.8 Å². The van der Waals surface area contributed by atoms with Gasteiger partial charge < -0.3 is 10.2 Å². The van der Waals surface area contributed by atoms with Gasteiger partial charge in [-0.15, -0.1) is 0 Å². The van der Waals surface area contributed by atoms with E-state index < -0.39 is 5.97 Å². The molecule has 2 N–H and O–H groups in total. The molecule has 0 fully saturated rings. The molecule has 0 radical (unpaired) electrons. The van der Waals surface area contributed by atoms with Crippen molar-refractivity contribution >= 4 is 16.7 Å². The Labute approximate surface area is 93.0 Å². The lowest BCUT2D eigenvalue weighted by Gasteiger charge is -2.09. The minimum Gasteiger partial charge on any atom is -0.507 e. The van der Waals surface area contributed by atoms with E-state index in [0.717, 1.165) is 10.8 Å². The topological polar surface area (TPSA) is 57.5 Å². The van der Waals surface area contributed by atoms with Crippen molar-refractivity contribution < 1.29 is 15.0 Å². The summed E-state index contributed by atoms with van der Waals surface area (Å²) in [6.07, 6.45) is 0.605. The second-order valence-electron chi connectivity index (χ2n) is 3.63. The summed E-state index contributed by atoms with van der Waals surface area (Å²) < 4.78 is 0. The van der Waals surface area contributed by atoms with Crippen molar-refractivity contribution in [3.8, 4) is 5.75 Å². The summed E-state index contributed by atoms with van der Waals surface area (Å²) in [6.45, 7) is 1.90. The lowest BCUT2D eigenvalue weighted by molar-refractivity contribution is 0.0694. The fraction of sp³-hybridized carbons (Fsp3) is 0.154. The number of carboxylic acids is 1. The molecule has 0 amide bonds. The lowest BCUT2D eigenvalue weighted by atomic mass is 9.98. The van der Waals surface area contributed by atoms with Crippen LogP contribution in [0.2, 0.25) is 0 Å². The molecule has 0 atom stereocenters. The van der Waals surface area contributed by atoms with E-state index in [4.69, 9.17) is 5.11 Å². The van der Waals surface area contributed by atoms with E-state index in [1.165, 1.54) is 6.07 Å². The van der Waals surface area contributed by atoms with Gasteiger partial charge in [-0.2, -0.15) is 0 Å². The molecule has 0 heterocycles. The number of aromatic carboxylic acids is 1. The molecule has 0 bridgehead atoms. The number of phenols is 1. The Hall–Kier alpha value is -2.03. The van der Waals surface area contributed by atoms with Crippen molar-refractivity contribution in [2.45, 2.75) is 13.3 Å². The van der Waals surface area contributed by atoms with Gasteiger partial charge in [0, 0.05) is 5.56 Å². The number of fused-ring (bicyclic) bond motifs is 1. The molecule has 2 aromatic carbocycles. The van der Waals surface area contributed by atoms with Crippen molar-refractivity contribution in [2.24, 2.45) is 0 Å². The maximum Gasteiger partial charge on any atom is 0.339 e. The number of aromatic hydroxyl groups is 1. The van der Waals surface area contributed by atoms with Gasteiger partial charge in [-0.3, -0.25) is 0 Å². The number of benzene rings is 2. The summed E-state index contributed by atoms with van der Waals surface area (Å²) in [5, 5.41) is 20.6. The Morgan fingerprint density at radius 1 is 1.31 bits per heavy atom. The quantitative estimate of drug-likeness (QED) is 0.811. The molecule has 0 aliphatic rings. The van der Waals surface area contributed by atoms with Crippen LogP contribution < -0.4 is 0 Å². The highest BCUT2D eigenvalue weighted by atomic mass is 16.4. The van der Waals surface area contributed by atoms with E-state index in [0.29, 0.717) is 12.0 Å². The predicted octanol–water partition coefficient (Wildman–Crippen LogP) is 2.81. The van der Waals surface area contributed by atoms with Gasteiger partial charge >= 0.3 is 5.97 Å². The highest BCUT2D eigenvalue weighted by molar-refractivity contribution is 5.99. The summed E-state index contributed by atoms with van der Waals surface area (Å²) >= 11 is 0. The molecule has 82 valence electrons. The summed E-state index contributed by atoms with van der Waals surface area (Å²) in [6, 6.07) is 8.97. The third-order valence-electron chi connectivity index (χ3n) is 2.71. The van der Waals surface area contributed by atoms with E-state index in [9.17, 15) is 9.90 Å². The molecule has 0 saturated carbocycles. The number of hydrogen-bond donors (Lipinski definition) is 2. The highest BCUT2D eigenvalue weighted by Crippen LogP contribution is 2.31. The van der Waals surface area contributed by atoms with Crippen LogP contribution in [0.15, 0.2) is 30.3 Å². The first-order valence-electron chi connectivity index (χ1n) is 5.12. The van der Waals surface area contributed by atoms with Crippen LogP contribution in [-0.2, 0) is 6.42 Å². The number of aryl methyl sites for hydroxylation is 1. The SMILES string of the molecule is CCc1c(O)c(C(=O)O)cc2ccccc12. The Bertz CT molecular complexity index is 558. The van der Waals surface area contributed by atoms with Crippen LogP contribution in [0.25, 0.3) is 10.8 Å². The van der Waals surface area contributed by atoms with Crippen molar-refractivity contribution in [3.05, 3.63) is 41.5 Å². The monoisotopic (exact) mass is 216 g/mol. The molecule has 3 heteroatoms. The van der Waals surface area contributed by atoms with Gasteiger partial charge in [-0.05, 0) is 23.3 Å². The molecular formula is C13H12O3. The summed E-state index contributed by atoms with van der Waals surface area (Å²) in [5.41, 5.74) is 0.658. The summed E-state index contributed by atoms with van der Waals surface area (Å²) in [7, 11) is 0. The van der Waals surface area contributed by atoms with Crippen LogP contribution in [0.3, 0.4) is 0 Å². The fourth-order valence-electron chi connectivity index (χ4n) is 1.93. The van der Waals surface area contributed by atoms with Crippen molar-refractivity contribution in [2.75, 3.05) is 0 Å². The Morgan fingerprint density at radius 3 is 2.62 bits per heavy atom. The normalized spacial score (nSPS) is 10.6. The summed E-state index contributed by atoms with van der Waals surface area (Å²) in [4.78, 5) is 11.0. The van der Waals surface area contributed by atoms with Gasteiger partial charge in [0.25, 0.3) is 0 Å². The first-order valence-corrected chi connectivity index (χ1v) is 5.12. The van der Waals surface area contributed by atoms with E-state index in [1.807, 2.05) is 31.2 Å². The first kappa shape index (κ1) is 10.5. The minimum atomic E-state index is -1.10. The van der Waals surface area contributed by atoms with Crippen molar-refractivity contribution in [1.29, 1.82) is 0 Å². The van der Waals surface area contributed by atoms with Crippen LogP contribution in [0.4, 0.5) is 0 Å². The zero-order valence-electron chi connectivity index (χ0n) is 8.90. The molecule has 0 spiro atoms. The average molecular weight is 216 g/mol. The summed E-state index contributed by atoms with van der Waals surface area (Å²) in [5.74, 6) is -1.22. The van der Waals surface area contributed by atoms with Crippen LogP contribution in [0.5, 0.6) is 5.75 Å². The zero-order chi connectivity index (χ0) is 11.7. The van der Waals surface area contributed by atoms with Gasteiger partial charge in [0.1, 0.15) is 11.3 Å². The Kier molecular flexibility index (Phi) is 2.52. The van der Waals surface area contributed by atoms with E-state index >= 15 is 0 Å². The molecule has 0 saturated heterocycles. The first-order chi connectivity index (χ1) is 7.65. The van der Waals surface area contributed by atoms with Crippen molar-refractivity contribution in [1.82, 2.24) is 0 Å². The maximum absolute atomic E-state index is 11.0. The van der Waals surface area contributed by atoms with Crippen LogP contribution in [0, 0.1) is 0 Å². The number of carboxylic acid groups (broad SMARTS) is 1. The zero-order valence-corrected chi connectivity index (χ0v) is 8.90. The van der Waals surface area contributed by atoms with Gasteiger partial charge in [0.2, 0.25) is 0 Å². The average Bonchev–Trinajstić information content (AvgIpc) is 2.28. The molecule has 0 aliphatic carbocycles. The standard InChI is InChI=1S/C13H12O3/c1-2-9-10-6-4-3-5-8(10)7-11(12(9)14)13(15)16/h3-7,14H,2H2,1H3,(H,15,16). The molecule has 0 aliphatic heterocycles. The van der Waals surface area contributed by atoms with Gasteiger partial charge in [0.15, 0.2) is 0 Å². The molecule has 0 unspecified atom stereocenters. The smallest absolute Gasteiger partial charge is 0.339 e. The van der Waals surface area contributed by atoms with Crippen molar-refractivity contribution in [3.63, 3.8) is 0 Å². The van der Waals surface area contributed by atoms with Crippen LogP contribution in [-0.4, -0.2) is 16.2 Å². The lowest BCUT2D eigenvalue weighted by Crippen LogP contribution is -1.99. The molecule has 0 aromatic heterocycles. The number of rotatable bonds is 2. The Morgan fingerprint density at radius 2 is 2.00 bits per heavy atom.